The van der Waals surface area contributed by atoms with Crippen molar-refractivity contribution in [3.8, 4) is 0 Å². The van der Waals surface area contributed by atoms with E-state index in [4.69, 9.17) is 4.74 Å². The van der Waals surface area contributed by atoms with Crippen molar-refractivity contribution in [1.29, 1.82) is 0 Å². The van der Waals surface area contributed by atoms with Crippen LogP contribution in [-0.2, 0) is 19.1 Å². The van der Waals surface area contributed by atoms with Crippen molar-refractivity contribution in [2.45, 2.75) is 13.3 Å². The van der Waals surface area contributed by atoms with E-state index < -0.39 is 24.4 Å². The monoisotopic (exact) mass is 402 g/mol. The zero-order chi connectivity index (χ0) is 21.1. The summed E-state index contributed by atoms with van der Waals surface area (Å²) < 4.78 is 5.19. The van der Waals surface area contributed by atoms with Crippen molar-refractivity contribution in [3.05, 3.63) is 72.3 Å². The Labute approximate surface area is 174 Å². The van der Waals surface area contributed by atoms with E-state index in [1.54, 1.807) is 11.0 Å². The molecular weight excluding hydrogens is 380 g/mol. The molecule has 2 amide bonds. The Morgan fingerprint density at radius 2 is 1.77 bits per heavy atom. The van der Waals surface area contributed by atoms with E-state index in [9.17, 15) is 14.4 Å². The molecule has 1 heterocycles. The summed E-state index contributed by atoms with van der Waals surface area (Å²) in [5.74, 6) is -1.66. The summed E-state index contributed by atoms with van der Waals surface area (Å²) in [6.45, 7) is 1.84. The summed E-state index contributed by atoms with van der Waals surface area (Å²) >= 11 is 0. The average molecular weight is 402 g/mol. The number of carbonyl (C=O) groups is 3. The van der Waals surface area contributed by atoms with Gasteiger partial charge in [-0.3, -0.25) is 14.4 Å². The van der Waals surface area contributed by atoms with Gasteiger partial charge in [0.1, 0.15) is 0 Å². The molecule has 0 unspecified atom stereocenters. The van der Waals surface area contributed by atoms with Gasteiger partial charge in [-0.2, -0.15) is 0 Å². The standard InChI is InChI=1S/C24H22N2O4/c1-16-9-11-19(12-10-16)26-14-18(13-23(26)28)24(29)30-15-22(27)25-21-8-4-6-17-5-2-3-7-20(17)21/h2-12,18H,13-15H2,1H3,(H,25,27)/t18-/m1/s1. The van der Waals surface area contributed by atoms with Gasteiger partial charge in [-0.1, -0.05) is 54.1 Å². The number of esters is 1. The lowest BCUT2D eigenvalue weighted by atomic mass is 10.1. The SMILES string of the molecule is Cc1ccc(N2C[C@H](C(=O)OCC(=O)Nc3cccc4ccccc34)CC2=O)cc1. The second kappa shape index (κ2) is 8.37. The zero-order valence-electron chi connectivity index (χ0n) is 16.6. The van der Waals surface area contributed by atoms with Crippen molar-refractivity contribution in [1.82, 2.24) is 0 Å². The lowest BCUT2D eigenvalue weighted by molar-refractivity contribution is -0.151. The number of rotatable bonds is 5. The van der Waals surface area contributed by atoms with Crippen LogP contribution in [0.5, 0.6) is 0 Å². The van der Waals surface area contributed by atoms with Gasteiger partial charge < -0.3 is 15.0 Å². The van der Waals surface area contributed by atoms with E-state index in [1.807, 2.05) is 67.6 Å². The maximum absolute atomic E-state index is 12.4. The van der Waals surface area contributed by atoms with Gasteiger partial charge in [0.2, 0.25) is 5.91 Å². The number of nitrogens with one attached hydrogen (secondary N) is 1. The van der Waals surface area contributed by atoms with E-state index in [-0.39, 0.29) is 18.9 Å². The first-order valence-corrected chi connectivity index (χ1v) is 9.82. The van der Waals surface area contributed by atoms with Crippen LogP contribution >= 0.6 is 0 Å². The second-order valence-corrected chi connectivity index (χ2v) is 7.42. The molecule has 1 saturated heterocycles. The third kappa shape index (κ3) is 4.17. The maximum Gasteiger partial charge on any atom is 0.311 e. The molecule has 0 radical (unpaired) electrons. The van der Waals surface area contributed by atoms with Crippen molar-refractivity contribution in [2.75, 3.05) is 23.4 Å². The molecular formula is C24H22N2O4. The van der Waals surface area contributed by atoms with Crippen LogP contribution in [0.3, 0.4) is 0 Å². The van der Waals surface area contributed by atoms with Crippen LogP contribution in [0.2, 0.25) is 0 Å². The van der Waals surface area contributed by atoms with Gasteiger partial charge in [-0.05, 0) is 30.5 Å². The lowest BCUT2D eigenvalue weighted by Crippen LogP contribution is -2.28. The van der Waals surface area contributed by atoms with Crippen molar-refractivity contribution < 1.29 is 19.1 Å². The fourth-order valence-electron chi connectivity index (χ4n) is 3.61. The fourth-order valence-corrected chi connectivity index (χ4v) is 3.61. The Hall–Kier alpha value is -3.67. The van der Waals surface area contributed by atoms with Crippen molar-refractivity contribution >= 4 is 39.9 Å². The van der Waals surface area contributed by atoms with Crippen molar-refractivity contribution in [3.63, 3.8) is 0 Å². The quantitative estimate of drug-likeness (QED) is 0.661. The Kier molecular flexibility index (Phi) is 5.48. The Balaban J connectivity index is 1.34. The molecule has 0 spiro atoms. The molecule has 0 bridgehead atoms. The molecule has 30 heavy (non-hydrogen) atoms. The number of carbonyl (C=O) groups excluding carboxylic acids is 3. The first-order chi connectivity index (χ1) is 14.5. The molecule has 0 saturated carbocycles. The van der Waals surface area contributed by atoms with Crippen LogP contribution in [0.25, 0.3) is 10.8 Å². The number of anilines is 2. The average Bonchev–Trinajstić information content (AvgIpc) is 3.14. The smallest absolute Gasteiger partial charge is 0.311 e. The van der Waals surface area contributed by atoms with Crippen LogP contribution in [0.1, 0.15) is 12.0 Å². The molecule has 1 fully saturated rings. The summed E-state index contributed by atoms with van der Waals surface area (Å²) in [7, 11) is 0. The maximum atomic E-state index is 12.4. The Bertz CT molecular complexity index is 1100. The molecule has 0 aromatic heterocycles. The van der Waals surface area contributed by atoms with Gasteiger partial charge in [-0.15, -0.1) is 0 Å². The minimum absolute atomic E-state index is 0.0810. The van der Waals surface area contributed by atoms with E-state index in [1.165, 1.54) is 0 Å². The zero-order valence-corrected chi connectivity index (χ0v) is 16.6. The van der Waals surface area contributed by atoms with Gasteiger partial charge in [-0.25, -0.2) is 0 Å². The third-order valence-electron chi connectivity index (χ3n) is 5.21. The summed E-state index contributed by atoms with van der Waals surface area (Å²) in [5, 5.41) is 4.71. The first kappa shape index (κ1) is 19.6. The van der Waals surface area contributed by atoms with Crippen LogP contribution in [0.15, 0.2) is 66.7 Å². The number of ether oxygens (including phenoxy) is 1. The number of hydrogen-bond acceptors (Lipinski definition) is 4. The first-order valence-electron chi connectivity index (χ1n) is 9.82. The molecule has 3 aromatic carbocycles. The molecule has 0 aliphatic carbocycles. The number of benzene rings is 3. The molecule has 1 N–H and O–H groups in total. The summed E-state index contributed by atoms with van der Waals surface area (Å²) in [6.07, 6.45) is 0.0810. The van der Waals surface area contributed by atoms with Crippen LogP contribution in [0.4, 0.5) is 11.4 Å². The lowest BCUT2D eigenvalue weighted by Gasteiger charge is -2.16. The largest absolute Gasteiger partial charge is 0.455 e. The van der Waals surface area contributed by atoms with Crippen molar-refractivity contribution in [2.24, 2.45) is 5.92 Å². The normalized spacial score (nSPS) is 16.0. The van der Waals surface area contributed by atoms with Gasteiger partial charge in [0, 0.05) is 29.7 Å². The van der Waals surface area contributed by atoms with Gasteiger partial charge >= 0.3 is 5.97 Å². The molecule has 1 atom stereocenters. The predicted octanol–water partition coefficient (Wildman–Crippen LogP) is 3.68. The fraction of sp³-hybridized carbons (Fsp3) is 0.208. The Morgan fingerprint density at radius 3 is 2.57 bits per heavy atom. The van der Waals surface area contributed by atoms with Crippen LogP contribution < -0.4 is 10.2 Å². The van der Waals surface area contributed by atoms with E-state index >= 15 is 0 Å². The van der Waals surface area contributed by atoms with E-state index in [2.05, 4.69) is 5.32 Å². The minimum atomic E-state index is -0.579. The summed E-state index contributed by atoms with van der Waals surface area (Å²) in [6, 6.07) is 20.9. The highest BCUT2D eigenvalue weighted by Gasteiger charge is 2.36. The number of fused-ring (bicyclic) bond motifs is 1. The number of amides is 2. The Morgan fingerprint density at radius 1 is 1.03 bits per heavy atom. The highest BCUT2D eigenvalue weighted by molar-refractivity contribution is 6.03. The number of nitrogens with zero attached hydrogens (tertiary/aromatic N) is 1. The van der Waals surface area contributed by atoms with Crippen LogP contribution in [-0.4, -0.2) is 30.9 Å². The summed E-state index contributed by atoms with van der Waals surface area (Å²) in [5.41, 5.74) is 2.52. The summed E-state index contributed by atoms with van der Waals surface area (Å²) in [4.78, 5) is 38.6. The van der Waals surface area contributed by atoms with Crippen LogP contribution in [0, 0.1) is 12.8 Å². The molecule has 6 heteroatoms. The third-order valence-corrected chi connectivity index (χ3v) is 5.21. The molecule has 1 aliphatic rings. The molecule has 4 rings (SSSR count). The number of aryl methyl sites for hydroxylation is 1. The highest BCUT2D eigenvalue weighted by atomic mass is 16.5. The van der Waals surface area contributed by atoms with Gasteiger partial charge in [0.25, 0.3) is 5.91 Å². The number of hydrogen-bond donors (Lipinski definition) is 1. The minimum Gasteiger partial charge on any atom is -0.455 e. The molecule has 6 nitrogen and oxygen atoms in total. The molecule has 3 aromatic rings. The molecule has 1 aliphatic heterocycles. The van der Waals surface area contributed by atoms with E-state index in [0.717, 1.165) is 22.0 Å². The van der Waals surface area contributed by atoms with E-state index in [0.29, 0.717) is 5.69 Å². The molecule has 152 valence electrons. The predicted molar refractivity (Wildman–Crippen MR) is 115 cm³/mol. The second-order valence-electron chi connectivity index (χ2n) is 7.42. The highest BCUT2D eigenvalue weighted by Crippen LogP contribution is 2.26. The topological polar surface area (TPSA) is 75.7 Å². The van der Waals surface area contributed by atoms with Gasteiger partial charge in [0.05, 0.1) is 5.92 Å². The van der Waals surface area contributed by atoms with Gasteiger partial charge in [0.15, 0.2) is 6.61 Å².